The number of hydrogen-bond acceptors (Lipinski definition) is 2. The van der Waals surface area contributed by atoms with E-state index in [2.05, 4.69) is 5.32 Å². The Bertz CT molecular complexity index is 756. The first kappa shape index (κ1) is 17.1. The Kier molecular flexibility index (Phi) is 5.12. The maximum absolute atomic E-state index is 12.9. The van der Waals surface area contributed by atoms with Gasteiger partial charge in [-0.15, -0.1) is 0 Å². The van der Waals surface area contributed by atoms with E-state index in [4.69, 9.17) is 0 Å². The molecule has 2 aromatic rings. The van der Waals surface area contributed by atoms with Crippen molar-refractivity contribution in [2.75, 3.05) is 18.5 Å². The van der Waals surface area contributed by atoms with Crippen LogP contribution in [-0.4, -0.2) is 25.4 Å². The second-order valence-corrected chi connectivity index (χ2v) is 6.31. The van der Waals surface area contributed by atoms with Crippen molar-refractivity contribution in [3.63, 3.8) is 0 Å². The average molecular weight is 340 g/mol. The molecule has 25 heavy (non-hydrogen) atoms. The quantitative estimate of drug-likeness (QED) is 0.910. The topological polar surface area (TPSA) is 49.4 Å². The van der Waals surface area contributed by atoms with Gasteiger partial charge in [0, 0.05) is 25.7 Å². The molecule has 1 aliphatic heterocycles. The predicted octanol–water partition coefficient (Wildman–Crippen LogP) is 2.71. The minimum atomic E-state index is -0.282. The van der Waals surface area contributed by atoms with Crippen LogP contribution in [0.3, 0.4) is 0 Å². The third kappa shape index (κ3) is 4.05. The average Bonchev–Trinajstić information content (AvgIpc) is 3.03. The van der Waals surface area contributed by atoms with Gasteiger partial charge in [-0.05, 0) is 48.2 Å². The number of rotatable bonds is 5. The lowest BCUT2D eigenvalue weighted by molar-refractivity contribution is -0.125. The summed E-state index contributed by atoms with van der Waals surface area (Å²) in [5.41, 5.74) is 3.07. The predicted molar refractivity (Wildman–Crippen MR) is 94.8 cm³/mol. The standard InChI is InChI=1S/C20H21FN2O2/c1-22-20(25)16-12-19(24)23(13-16)18-10-6-15(7-11-18)3-2-14-4-8-17(21)9-5-14/h4-11,16H,2-3,12-13H2,1H3,(H,22,25)/t16-/m0/s1. The van der Waals surface area contributed by atoms with Gasteiger partial charge in [-0.2, -0.15) is 0 Å². The van der Waals surface area contributed by atoms with Crippen molar-refractivity contribution in [2.45, 2.75) is 19.3 Å². The summed E-state index contributed by atoms with van der Waals surface area (Å²) in [4.78, 5) is 25.5. The summed E-state index contributed by atoms with van der Waals surface area (Å²) in [6.45, 7) is 0.424. The number of nitrogens with zero attached hydrogens (tertiary/aromatic N) is 1. The van der Waals surface area contributed by atoms with Crippen LogP contribution in [0.2, 0.25) is 0 Å². The molecule has 1 saturated heterocycles. The molecule has 0 saturated carbocycles. The Balaban J connectivity index is 1.61. The van der Waals surface area contributed by atoms with Gasteiger partial charge < -0.3 is 10.2 Å². The fraction of sp³-hybridized carbons (Fsp3) is 0.300. The van der Waals surface area contributed by atoms with Gasteiger partial charge in [0.15, 0.2) is 0 Å². The summed E-state index contributed by atoms with van der Waals surface area (Å²) in [7, 11) is 1.59. The number of aryl methyl sites for hydroxylation is 2. The highest BCUT2D eigenvalue weighted by Gasteiger charge is 2.34. The largest absolute Gasteiger partial charge is 0.359 e. The smallest absolute Gasteiger partial charge is 0.227 e. The molecular formula is C20H21FN2O2. The van der Waals surface area contributed by atoms with E-state index < -0.39 is 0 Å². The van der Waals surface area contributed by atoms with Crippen molar-refractivity contribution in [2.24, 2.45) is 5.92 Å². The third-order valence-electron chi connectivity index (χ3n) is 4.61. The van der Waals surface area contributed by atoms with Crippen LogP contribution in [0.4, 0.5) is 10.1 Å². The number of carbonyl (C=O) groups excluding carboxylic acids is 2. The minimum absolute atomic E-state index is 0.0207. The number of carbonyl (C=O) groups is 2. The fourth-order valence-corrected chi connectivity index (χ4v) is 3.12. The van der Waals surface area contributed by atoms with Crippen LogP contribution in [0.5, 0.6) is 0 Å². The Hall–Kier alpha value is -2.69. The normalized spacial score (nSPS) is 17.0. The molecule has 130 valence electrons. The van der Waals surface area contributed by atoms with Crippen molar-refractivity contribution in [1.82, 2.24) is 5.32 Å². The molecule has 1 atom stereocenters. The van der Waals surface area contributed by atoms with Crippen molar-refractivity contribution in [3.8, 4) is 0 Å². The van der Waals surface area contributed by atoms with Gasteiger partial charge in [-0.3, -0.25) is 9.59 Å². The number of nitrogens with one attached hydrogen (secondary N) is 1. The van der Waals surface area contributed by atoms with Crippen molar-refractivity contribution >= 4 is 17.5 Å². The highest BCUT2D eigenvalue weighted by molar-refractivity contribution is 6.00. The summed E-state index contributed by atoms with van der Waals surface area (Å²) in [6.07, 6.45) is 1.94. The van der Waals surface area contributed by atoms with Gasteiger partial charge >= 0.3 is 0 Å². The molecule has 0 bridgehead atoms. The highest BCUT2D eigenvalue weighted by atomic mass is 19.1. The molecule has 0 aliphatic carbocycles. The van der Waals surface area contributed by atoms with E-state index in [0.29, 0.717) is 6.54 Å². The molecule has 1 heterocycles. The molecule has 5 heteroatoms. The summed E-state index contributed by atoms with van der Waals surface area (Å²) >= 11 is 0. The maximum Gasteiger partial charge on any atom is 0.227 e. The second kappa shape index (κ2) is 7.47. The zero-order chi connectivity index (χ0) is 17.8. The van der Waals surface area contributed by atoms with E-state index in [-0.39, 0.29) is 30.0 Å². The summed E-state index contributed by atoms with van der Waals surface area (Å²) in [6, 6.07) is 14.4. The van der Waals surface area contributed by atoms with E-state index in [9.17, 15) is 14.0 Å². The second-order valence-electron chi connectivity index (χ2n) is 6.31. The molecule has 0 radical (unpaired) electrons. The SMILES string of the molecule is CNC(=O)[C@H]1CC(=O)N(c2ccc(CCc3ccc(F)cc3)cc2)C1. The molecule has 0 aromatic heterocycles. The summed E-state index contributed by atoms with van der Waals surface area (Å²) in [5.74, 6) is -0.617. The molecule has 0 unspecified atom stereocenters. The fourth-order valence-electron chi connectivity index (χ4n) is 3.12. The van der Waals surface area contributed by atoms with Crippen LogP contribution in [0.1, 0.15) is 17.5 Å². The van der Waals surface area contributed by atoms with Gasteiger partial charge in [0.1, 0.15) is 5.82 Å². The molecule has 2 aromatic carbocycles. The minimum Gasteiger partial charge on any atom is -0.359 e. The Morgan fingerprint density at radius 2 is 1.64 bits per heavy atom. The number of hydrogen-bond donors (Lipinski definition) is 1. The first-order valence-corrected chi connectivity index (χ1v) is 8.42. The highest BCUT2D eigenvalue weighted by Crippen LogP contribution is 2.25. The Morgan fingerprint density at radius 1 is 1.08 bits per heavy atom. The number of halogens is 1. The lowest BCUT2D eigenvalue weighted by Crippen LogP contribution is -2.30. The van der Waals surface area contributed by atoms with E-state index >= 15 is 0 Å². The van der Waals surface area contributed by atoms with Crippen molar-refractivity contribution in [3.05, 3.63) is 65.5 Å². The van der Waals surface area contributed by atoms with Gasteiger partial charge in [0.05, 0.1) is 5.92 Å². The Morgan fingerprint density at radius 3 is 2.20 bits per heavy atom. The zero-order valence-corrected chi connectivity index (χ0v) is 14.2. The van der Waals surface area contributed by atoms with Gasteiger partial charge in [0.2, 0.25) is 11.8 Å². The van der Waals surface area contributed by atoms with Crippen LogP contribution >= 0.6 is 0 Å². The molecular weight excluding hydrogens is 319 g/mol. The molecule has 0 spiro atoms. The first-order valence-electron chi connectivity index (χ1n) is 8.42. The van der Waals surface area contributed by atoms with E-state index in [1.54, 1.807) is 24.1 Å². The number of benzene rings is 2. The monoisotopic (exact) mass is 340 g/mol. The number of anilines is 1. The van der Waals surface area contributed by atoms with Gasteiger partial charge in [-0.1, -0.05) is 24.3 Å². The van der Waals surface area contributed by atoms with Crippen molar-refractivity contribution < 1.29 is 14.0 Å². The van der Waals surface area contributed by atoms with E-state index in [1.807, 2.05) is 24.3 Å². The van der Waals surface area contributed by atoms with Crippen LogP contribution < -0.4 is 10.2 Å². The lowest BCUT2D eigenvalue weighted by atomic mass is 10.0. The van der Waals surface area contributed by atoms with Crippen molar-refractivity contribution in [1.29, 1.82) is 0 Å². The zero-order valence-electron chi connectivity index (χ0n) is 14.2. The van der Waals surface area contributed by atoms with E-state index in [1.165, 1.54) is 12.1 Å². The third-order valence-corrected chi connectivity index (χ3v) is 4.61. The van der Waals surface area contributed by atoms with E-state index in [0.717, 1.165) is 29.7 Å². The molecule has 1 N–H and O–H groups in total. The van der Waals surface area contributed by atoms with Gasteiger partial charge in [-0.25, -0.2) is 4.39 Å². The van der Waals surface area contributed by atoms with Crippen LogP contribution in [0.25, 0.3) is 0 Å². The summed E-state index contributed by atoms with van der Waals surface area (Å²) in [5, 5.41) is 2.60. The first-order chi connectivity index (χ1) is 12.1. The molecule has 1 fully saturated rings. The molecule has 4 nitrogen and oxygen atoms in total. The van der Waals surface area contributed by atoms with Gasteiger partial charge in [0.25, 0.3) is 0 Å². The molecule has 1 aliphatic rings. The maximum atomic E-state index is 12.9. The van der Waals surface area contributed by atoms with Crippen LogP contribution in [0.15, 0.2) is 48.5 Å². The number of amides is 2. The van der Waals surface area contributed by atoms with Crippen LogP contribution in [0, 0.1) is 11.7 Å². The Labute approximate surface area is 146 Å². The molecule has 3 rings (SSSR count). The summed E-state index contributed by atoms with van der Waals surface area (Å²) < 4.78 is 12.9. The lowest BCUT2D eigenvalue weighted by Gasteiger charge is -2.17. The van der Waals surface area contributed by atoms with Crippen LogP contribution in [-0.2, 0) is 22.4 Å². The molecule has 2 amide bonds.